The number of carbonyl (C=O) groups excluding carboxylic acids is 2. The van der Waals surface area contributed by atoms with Crippen molar-refractivity contribution in [3.05, 3.63) is 36.5 Å². The number of carbonyl (C=O) groups is 2. The molecule has 0 aliphatic heterocycles. The molecule has 0 aliphatic rings. The van der Waals surface area contributed by atoms with Gasteiger partial charge in [0, 0.05) is 6.42 Å². The van der Waals surface area contributed by atoms with E-state index in [0.717, 1.165) is 70.6 Å². The second-order valence-electron chi connectivity index (χ2n) is 20.5. The van der Waals surface area contributed by atoms with Crippen molar-refractivity contribution in [2.75, 3.05) is 6.61 Å². The molecule has 6 nitrogen and oxygen atoms in total. The van der Waals surface area contributed by atoms with Crippen LogP contribution in [0.5, 0.6) is 0 Å². The van der Waals surface area contributed by atoms with Crippen LogP contribution in [0.1, 0.15) is 316 Å². The van der Waals surface area contributed by atoms with Gasteiger partial charge in [-0.3, -0.25) is 9.59 Å². The monoisotopic (exact) mass is 942 g/mol. The number of ether oxygens (including phenoxy) is 1. The fourth-order valence-corrected chi connectivity index (χ4v) is 9.26. The first-order valence-corrected chi connectivity index (χ1v) is 29.7. The van der Waals surface area contributed by atoms with E-state index in [-0.39, 0.29) is 24.9 Å². The van der Waals surface area contributed by atoms with Gasteiger partial charge in [0.2, 0.25) is 5.91 Å². The van der Waals surface area contributed by atoms with E-state index in [1.165, 1.54) is 199 Å². The van der Waals surface area contributed by atoms with Crippen LogP contribution in [0, 0.1) is 0 Å². The number of allylic oxidation sites excluding steroid dienone is 6. The highest BCUT2D eigenvalue weighted by atomic mass is 16.5. The molecule has 3 unspecified atom stereocenters. The topological polar surface area (TPSA) is 95.9 Å². The molecule has 0 radical (unpaired) electrons. The number of hydrogen-bond acceptors (Lipinski definition) is 5. The van der Waals surface area contributed by atoms with Crippen molar-refractivity contribution in [3.63, 3.8) is 0 Å². The van der Waals surface area contributed by atoms with Crippen molar-refractivity contribution in [1.29, 1.82) is 0 Å². The first kappa shape index (κ1) is 65.1. The molecule has 3 N–H and O–H groups in total. The van der Waals surface area contributed by atoms with Gasteiger partial charge >= 0.3 is 5.97 Å². The van der Waals surface area contributed by atoms with Gasteiger partial charge in [0.1, 0.15) is 6.10 Å². The van der Waals surface area contributed by atoms with Gasteiger partial charge in [0.25, 0.3) is 0 Å². The standard InChI is InChI=1S/C61H115NO5/c1-4-7-10-13-16-19-22-25-28-30-33-35-38-41-44-47-50-53-59(64)58(56-63)62-60(65)55-57(52-49-46-43-40-37-34-32-29-26-23-20-17-14-11-8-5-2)67-61(66)54-51-48-45-42-39-36-31-27-24-21-18-15-12-9-6-3/h23,26,29,32,34,37,57-59,63-64H,4-22,24-25,27-28,30-31,33,35-36,38-56H2,1-3H3,(H,62,65)/b26-23+,32-29+,37-34+. The predicted octanol–water partition coefficient (Wildman–Crippen LogP) is 18.4. The number of nitrogens with one attached hydrogen (secondary N) is 1. The molecule has 0 spiro atoms. The maximum atomic E-state index is 13.3. The molecule has 0 aromatic heterocycles. The summed E-state index contributed by atoms with van der Waals surface area (Å²) in [6.45, 7) is 6.50. The van der Waals surface area contributed by atoms with E-state index >= 15 is 0 Å². The normalized spacial score (nSPS) is 13.3. The second kappa shape index (κ2) is 55.0. The van der Waals surface area contributed by atoms with Crippen molar-refractivity contribution in [2.45, 2.75) is 334 Å². The number of aliphatic hydroxyl groups is 2. The molecule has 1 amide bonds. The Morgan fingerprint density at radius 2 is 0.761 bits per heavy atom. The molecule has 0 aliphatic carbocycles. The summed E-state index contributed by atoms with van der Waals surface area (Å²) in [6.07, 6.45) is 66.4. The van der Waals surface area contributed by atoms with Crippen molar-refractivity contribution in [1.82, 2.24) is 5.32 Å². The highest BCUT2D eigenvalue weighted by molar-refractivity contribution is 5.77. The highest BCUT2D eigenvalue weighted by Gasteiger charge is 2.24. The molecule has 0 aromatic rings. The van der Waals surface area contributed by atoms with Crippen LogP contribution in [-0.2, 0) is 14.3 Å². The Hall–Kier alpha value is -1.92. The average molecular weight is 943 g/mol. The number of hydrogen-bond donors (Lipinski definition) is 3. The lowest BCUT2D eigenvalue weighted by atomic mass is 10.0. The Labute approximate surface area is 417 Å². The van der Waals surface area contributed by atoms with Crippen LogP contribution >= 0.6 is 0 Å². The zero-order chi connectivity index (χ0) is 48.8. The van der Waals surface area contributed by atoms with Gasteiger partial charge in [0.05, 0.1) is 25.2 Å². The van der Waals surface area contributed by atoms with Gasteiger partial charge < -0.3 is 20.3 Å². The molecule has 0 heterocycles. The maximum absolute atomic E-state index is 13.3. The largest absolute Gasteiger partial charge is 0.462 e. The van der Waals surface area contributed by atoms with Gasteiger partial charge in [0.15, 0.2) is 0 Å². The first-order chi connectivity index (χ1) is 33.0. The van der Waals surface area contributed by atoms with Gasteiger partial charge in [-0.2, -0.15) is 0 Å². The summed E-state index contributed by atoms with van der Waals surface area (Å²) < 4.78 is 5.95. The summed E-state index contributed by atoms with van der Waals surface area (Å²) in [7, 11) is 0. The van der Waals surface area contributed by atoms with E-state index in [9.17, 15) is 19.8 Å². The van der Waals surface area contributed by atoms with E-state index in [0.29, 0.717) is 19.3 Å². The summed E-state index contributed by atoms with van der Waals surface area (Å²) in [5.41, 5.74) is 0. The molecule has 0 aromatic carbocycles. The number of rotatable bonds is 54. The Bertz CT molecular complexity index is 1100. The smallest absolute Gasteiger partial charge is 0.306 e. The second-order valence-corrected chi connectivity index (χ2v) is 20.5. The first-order valence-electron chi connectivity index (χ1n) is 29.7. The number of aliphatic hydroxyl groups excluding tert-OH is 2. The molecule has 67 heavy (non-hydrogen) atoms. The highest BCUT2D eigenvalue weighted by Crippen LogP contribution is 2.19. The molecular formula is C61H115NO5. The van der Waals surface area contributed by atoms with E-state index in [1.54, 1.807) is 0 Å². The van der Waals surface area contributed by atoms with Crippen LogP contribution in [0.3, 0.4) is 0 Å². The zero-order valence-electron chi connectivity index (χ0n) is 45.0. The van der Waals surface area contributed by atoms with Crippen LogP contribution in [0.2, 0.25) is 0 Å². The quantitative estimate of drug-likeness (QED) is 0.0321. The maximum Gasteiger partial charge on any atom is 0.306 e. The van der Waals surface area contributed by atoms with Crippen LogP contribution in [-0.4, -0.2) is 46.9 Å². The van der Waals surface area contributed by atoms with Gasteiger partial charge in [-0.05, 0) is 51.4 Å². The van der Waals surface area contributed by atoms with Crippen LogP contribution in [0.25, 0.3) is 0 Å². The molecule has 6 heteroatoms. The minimum atomic E-state index is -0.796. The predicted molar refractivity (Wildman–Crippen MR) is 292 cm³/mol. The van der Waals surface area contributed by atoms with E-state index in [1.807, 2.05) is 0 Å². The van der Waals surface area contributed by atoms with Crippen LogP contribution in [0.15, 0.2) is 36.5 Å². The lowest BCUT2D eigenvalue weighted by Gasteiger charge is -2.24. The third-order valence-electron chi connectivity index (χ3n) is 13.8. The fourth-order valence-electron chi connectivity index (χ4n) is 9.26. The van der Waals surface area contributed by atoms with Crippen molar-refractivity contribution >= 4 is 11.9 Å². The Morgan fingerprint density at radius 1 is 0.433 bits per heavy atom. The molecule has 3 atom stereocenters. The van der Waals surface area contributed by atoms with E-state index in [2.05, 4.69) is 62.5 Å². The van der Waals surface area contributed by atoms with Crippen LogP contribution in [0.4, 0.5) is 0 Å². The average Bonchev–Trinajstić information content (AvgIpc) is 3.32. The molecule has 394 valence electrons. The van der Waals surface area contributed by atoms with E-state index in [4.69, 9.17) is 4.74 Å². The fraction of sp³-hybridized carbons (Fsp3) is 0.869. The van der Waals surface area contributed by atoms with Gasteiger partial charge in [-0.25, -0.2) is 0 Å². The molecule has 0 saturated carbocycles. The third kappa shape index (κ3) is 50.3. The minimum Gasteiger partial charge on any atom is -0.462 e. The SMILES string of the molecule is CCCCCCC/C=C/C=C/C=C/CCCCCC(CC(=O)NC(CO)C(O)CCCCCCCCCCCCCCCCCCC)OC(=O)CCCCCCCCCCCCCCCCC. The third-order valence-corrected chi connectivity index (χ3v) is 13.8. The molecular weight excluding hydrogens is 827 g/mol. The Morgan fingerprint density at radius 3 is 1.15 bits per heavy atom. The zero-order valence-corrected chi connectivity index (χ0v) is 45.0. The van der Waals surface area contributed by atoms with Crippen molar-refractivity contribution < 1.29 is 24.5 Å². The summed E-state index contributed by atoms with van der Waals surface area (Å²) >= 11 is 0. The van der Waals surface area contributed by atoms with Crippen LogP contribution < -0.4 is 5.32 Å². The number of esters is 1. The molecule has 0 saturated heterocycles. The summed E-state index contributed by atoms with van der Waals surface area (Å²) in [6, 6.07) is -0.711. The minimum absolute atomic E-state index is 0.0594. The molecule has 0 bridgehead atoms. The lowest BCUT2D eigenvalue weighted by Crippen LogP contribution is -2.46. The lowest BCUT2D eigenvalue weighted by molar-refractivity contribution is -0.151. The Kier molecular flexibility index (Phi) is 53.4. The molecule has 0 rings (SSSR count). The van der Waals surface area contributed by atoms with Crippen molar-refractivity contribution in [2.24, 2.45) is 0 Å². The Balaban J connectivity index is 4.57. The van der Waals surface area contributed by atoms with Gasteiger partial charge in [-0.15, -0.1) is 0 Å². The number of amides is 1. The molecule has 0 fully saturated rings. The van der Waals surface area contributed by atoms with Gasteiger partial charge in [-0.1, -0.05) is 288 Å². The van der Waals surface area contributed by atoms with Crippen molar-refractivity contribution in [3.8, 4) is 0 Å². The van der Waals surface area contributed by atoms with E-state index < -0.39 is 18.2 Å². The summed E-state index contributed by atoms with van der Waals surface area (Å²) in [5, 5.41) is 23.9. The number of unbranched alkanes of at least 4 members (excludes halogenated alkanes) is 38. The summed E-state index contributed by atoms with van der Waals surface area (Å²) in [4.78, 5) is 26.3. The summed E-state index contributed by atoms with van der Waals surface area (Å²) in [5.74, 6) is -0.490.